The van der Waals surface area contributed by atoms with E-state index >= 15 is 0 Å². The zero-order valence-electron chi connectivity index (χ0n) is 16.2. The van der Waals surface area contributed by atoms with Gasteiger partial charge in [-0.15, -0.1) is 11.3 Å². The summed E-state index contributed by atoms with van der Waals surface area (Å²) in [7, 11) is 1.74. The highest BCUT2D eigenvalue weighted by atomic mass is 32.1. The summed E-state index contributed by atoms with van der Waals surface area (Å²) in [6.45, 7) is 2.01. The molecule has 2 heterocycles. The monoisotopic (exact) mass is 424 g/mol. The maximum absolute atomic E-state index is 14.2. The third-order valence-corrected chi connectivity index (χ3v) is 5.60. The lowest BCUT2D eigenvalue weighted by atomic mass is 10.1. The zero-order valence-corrected chi connectivity index (χ0v) is 17.0. The average molecular weight is 424 g/mol. The van der Waals surface area contributed by atoms with Crippen LogP contribution in [0.2, 0.25) is 0 Å². The highest BCUT2D eigenvalue weighted by Gasteiger charge is 2.20. The average Bonchev–Trinajstić information content (AvgIpc) is 3.30. The van der Waals surface area contributed by atoms with E-state index in [0.29, 0.717) is 32.8 Å². The third-order valence-electron chi connectivity index (χ3n) is 4.42. The molecule has 0 unspecified atom stereocenters. The van der Waals surface area contributed by atoms with Gasteiger partial charge in [-0.3, -0.25) is 4.68 Å². The number of esters is 2. The van der Waals surface area contributed by atoms with Crippen LogP contribution in [0, 0.1) is 5.82 Å². The van der Waals surface area contributed by atoms with Gasteiger partial charge in [0.1, 0.15) is 27.0 Å². The molecule has 152 valence electrons. The Hall–Kier alpha value is -3.52. The van der Waals surface area contributed by atoms with Crippen LogP contribution in [-0.2, 0) is 11.8 Å². The fourth-order valence-electron chi connectivity index (χ4n) is 3.02. The molecule has 2 aromatic heterocycles. The van der Waals surface area contributed by atoms with Gasteiger partial charge in [-0.25, -0.2) is 14.0 Å². The molecule has 0 N–H and O–H groups in total. The van der Waals surface area contributed by atoms with Gasteiger partial charge in [0.2, 0.25) is 0 Å². The van der Waals surface area contributed by atoms with Gasteiger partial charge in [0.25, 0.3) is 0 Å². The van der Waals surface area contributed by atoms with Gasteiger partial charge in [0.05, 0.1) is 12.2 Å². The summed E-state index contributed by atoms with van der Waals surface area (Å²) in [5.41, 5.74) is 1.22. The van der Waals surface area contributed by atoms with Gasteiger partial charge in [-0.05, 0) is 49.4 Å². The Morgan fingerprint density at radius 1 is 1.10 bits per heavy atom. The van der Waals surface area contributed by atoms with Crippen molar-refractivity contribution < 1.29 is 23.5 Å². The second-order valence-electron chi connectivity index (χ2n) is 6.42. The van der Waals surface area contributed by atoms with Crippen LogP contribution < -0.4 is 4.74 Å². The molecule has 2 aromatic carbocycles. The predicted octanol–water partition coefficient (Wildman–Crippen LogP) is 4.84. The Bertz CT molecular complexity index is 1240. The molecule has 8 heteroatoms. The van der Waals surface area contributed by atoms with Gasteiger partial charge in [0, 0.05) is 18.0 Å². The van der Waals surface area contributed by atoms with Crippen molar-refractivity contribution in [1.29, 1.82) is 0 Å². The SMILES string of the molecule is CCOC(=O)c1ccc(OC(=O)c2cc3c(-c4ccccc4F)nn(C)c3s2)cc1. The van der Waals surface area contributed by atoms with Crippen LogP contribution in [0.25, 0.3) is 21.5 Å². The highest BCUT2D eigenvalue weighted by Crippen LogP contribution is 2.35. The van der Waals surface area contributed by atoms with E-state index in [2.05, 4.69) is 5.10 Å². The molecule has 0 atom stereocenters. The van der Waals surface area contributed by atoms with E-state index in [1.165, 1.54) is 41.7 Å². The van der Waals surface area contributed by atoms with E-state index in [1.807, 2.05) is 0 Å². The van der Waals surface area contributed by atoms with Gasteiger partial charge >= 0.3 is 11.9 Å². The first-order chi connectivity index (χ1) is 14.5. The molecule has 0 radical (unpaired) electrons. The quantitative estimate of drug-likeness (QED) is 0.339. The summed E-state index contributed by atoms with van der Waals surface area (Å²) in [5, 5.41) is 5.08. The van der Waals surface area contributed by atoms with Crippen LogP contribution in [0.5, 0.6) is 5.75 Å². The standard InChI is InChI=1S/C22H17FN2O4S/c1-3-28-21(26)13-8-10-14(11-9-13)29-22(27)18-12-16-19(24-25(2)20(16)30-18)15-6-4-5-7-17(15)23/h4-12H,3H2,1-2H3. The fourth-order valence-corrected chi connectivity index (χ4v) is 3.97. The van der Waals surface area contributed by atoms with Crippen molar-refractivity contribution in [2.24, 2.45) is 7.05 Å². The van der Waals surface area contributed by atoms with Crippen molar-refractivity contribution in [2.75, 3.05) is 6.61 Å². The first-order valence-corrected chi connectivity index (χ1v) is 10.0. The summed E-state index contributed by atoms with van der Waals surface area (Å²) >= 11 is 1.22. The minimum absolute atomic E-state index is 0.283. The van der Waals surface area contributed by atoms with Crippen molar-refractivity contribution in [3.8, 4) is 17.0 Å². The second-order valence-corrected chi connectivity index (χ2v) is 7.45. The van der Waals surface area contributed by atoms with Gasteiger partial charge < -0.3 is 9.47 Å². The van der Waals surface area contributed by atoms with Crippen molar-refractivity contribution >= 4 is 33.5 Å². The Morgan fingerprint density at radius 2 is 1.83 bits per heavy atom. The molecule has 4 rings (SSSR count). The topological polar surface area (TPSA) is 70.4 Å². The summed E-state index contributed by atoms with van der Waals surface area (Å²) in [6.07, 6.45) is 0. The molecule has 0 aliphatic carbocycles. The number of hydrogen-bond donors (Lipinski definition) is 0. The number of fused-ring (bicyclic) bond motifs is 1. The minimum atomic E-state index is -0.542. The van der Waals surface area contributed by atoms with E-state index in [9.17, 15) is 14.0 Å². The van der Waals surface area contributed by atoms with E-state index in [-0.39, 0.29) is 12.4 Å². The van der Waals surface area contributed by atoms with Crippen molar-refractivity contribution in [3.63, 3.8) is 0 Å². The molecule has 0 amide bonds. The molecule has 0 aliphatic heterocycles. The van der Waals surface area contributed by atoms with E-state index < -0.39 is 11.9 Å². The van der Waals surface area contributed by atoms with Crippen molar-refractivity contribution in [3.05, 3.63) is 70.9 Å². The maximum atomic E-state index is 14.2. The Balaban J connectivity index is 1.59. The maximum Gasteiger partial charge on any atom is 0.353 e. The van der Waals surface area contributed by atoms with Crippen LogP contribution in [0.15, 0.2) is 54.6 Å². The molecule has 4 aromatic rings. The van der Waals surface area contributed by atoms with Gasteiger partial charge in [-0.2, -0.15) is 5.10 Å². The molecular formula is C22H17FN2O4S. The number of thiophene rings is 1. The van der Waals surface area contributed by atoms with Crippen LogP contribution in [0.4, 0.5) is 4.39 Å². The van der Waals surface area contributed by atoms with E-state index in [1.54, 1.807) is 42.9 Å². The number of carbonyl (C=O) groups excluding carboxylic acids is 2. The van der Waals surface area contributed by atoms with Crippen LogP contribution in [-0.4, -0.2) is 28.3 Å². The number of hydrogen-bond acceptors (Lipinski definition) is 6. The van der Waals surface area contributed by atoms with Crippen molar-refractivity contribution in [2.45, 2.75) is 6.92 Å². The number of aryl methyl sites for hydroxylation is 1. The van der Waals surface area contributed by atoms with E-state index in [0.717, 1.165) is 4.83 Å². The summed E-state index contributed by atoms with van der Waals surface area (Å²) < 4.78 is 26.2. The Kier molecular flexibility index (Phi) is 5.33. The lowest BCUT2D eigenvalue weighted by molar-refractivity contribution is 0.0526. The lowest BCUT2D eigenvalue weighted by Gasteiger charge is -2.04. The Morgan fingerprint density at radius 3 is 2.53 bits per heavy atom. The molecule has 30 heavy (non-hydrogen) atoms. The first-order valence-electron chi connectivity index (χ1n) is 9.18. The summed E-state index contributed by atoms with van der Waals surface area (Å²) in [6, 6.07) is 14.2. The molecule has 0 saturated heterocycles. The normalized spacial score (nSPS) is 10.9. The first kappa shape index (κ1) is 19.8. The molecule has 0 saturated carbocycles. The van der Waals surface area contributed by atoms with Crippen LogP contribution in [0.1, 0.15) is 27.0 Å². The number of nitrogens with zero attached hydrogens (tertiary/aromatic N) is 2. The third kappa shape index (κ3) is 3.69. The molecular weight excluding hydrogens is 407 g/mol. The number of ether oxygens (including phenoxy) is 2. The van der Waals surface area contributed by atoms with Crippen LogP contribution >= 0.6 is 11.3 Å². The van der Waals surface area contributed by atoms with Gasteiger partial charge in [0.15, 0.2) is 0 Å². The zero-order chi connectivity index (χ0) is 21.3. The number of carbonyl (C=O) groups is 2. The van der Waals surface area contributed by atoms with Gasteiger partial charge in [-0.1, -0.05) is 12.1 Å². The number of aromatic nitrogens is 2. The number of benzene rings is 2. The smallest absolute Gasteiger partial charge is 0.353 e. The number of rotatable bonds is 5. The highest BCUT2D eigenvalue weighted by molar-refractivity contribution is 7.20. The molecule has 6 nitrogen and oxygen atoms in total. The largest absolute Gasteiger partial charge is 0.462 e. The molecule has 0 spiro atoms. The fraction of sp³-hybridized carbons (Fsp3) is 0.136. The van der Waals surface area contributed by atoms with E-state index in [4.69, 9.17) is 9.47 Å². The van der Waals surface area contributed by atoms with Crippen LogP contribution in [0.3, 0.4) is 0 Å². The van der Waals surface area contributed by atoms with Crippen molar-refractivity contribution in [1.82, 2.24) is 9.78 Å². The molecule has 0 bridgehead atoms. The second kappa shape index (κ2) is 8.08. The molecule has 0 aliphatic rings. The number of halogens is 1. The summed E-state index contributed by atoms with van der Waals surface area (Å²) in [4.78, 5) is 25.4. The lowest BCUT2D eigenvalue weighted by Crippen LogP contribution is -2.07. The molecule has 0 fully saturated rings. The predicted molar refractivity (Wildman–Crippen MR) is 111 cm³/mol. The minimum Gasteiger partial charge on any atom is -0.462 e. The Labute approximate surface area is 175 Å². The summed E-state index contributed by atoms with van der Waals surface area (Å²) in [5.74, 6) is -1.06.